The maximum atomic E-state index is 12.5. The number of nitrogens with one attached hydrogen (secondary N) is 1. The zero-order valence-electron chi connectivity index (χ0n) is 15.4. The minimum Gasteiger partial charge on any atom is -0.322 e. The first-order valence-corrected chi connectivity index (χ1v) is 10.4. The molecule has 6 heteroatoms. The van der Waals surface area contributed by atoms with E-state index < -0.39 is 0 Å². The largest absolute Gasteiger partial charge is 0.322 e. The number of rotatable bonds is 5. The molecule has 2 heterocycles. The molecule has 140 valence electrons. The number of urea groups is 1. The zero-order valence-corrected chi connectivity index (χ0v) is 16.9. The molecule has 0 bridgehead atoms. The normalized spacial score (nSPS) is 16.5. The molecule has 0 spiro atoms. The van der Waals surface area contributed by atoms with E-state index >= 15 is 0 Å². The summed E-state index contributed by atoms with van der Waals surface area (Å²) in [5.74, 6) is 0.547. The monoisotopic (exact) mass is 391 g/mol. The van der Waals surface area contributed by atoms with Gasteiger partial charge in [-0.15, -0.1) is 11.3 Å². The summed E-state index contributed by atoms with van der Waals surface area (Å²) >= 11 is 7.62. The summed E-state index contributed by atoms with van der Waals surface area (Å²) in [6, 6.07) is 12.2. The fourth-order valence-electron chi connectivity index (χ4n) is 3.10. The quantitative estimate of drug-likeness (QED) is 0.754. The predicted molar refractivity (Wildman–Crippen MR) is 110 cm³/mol. The molecule has 1 N–H and O–H groups in total. The van der Waals surface area contributed by atoms with Gasteiger partial charge in [0, 0.05) is 43.3 Å². The van der Waals surface area contributed by atoms with Gasteiger partial charge in [0.1, 0.15) is 0 Å². The van der Waals surface area contributed by atoms with Crippen LogP contribution in [0.15, 0.2) is 36.4 Å². The van der Waals surface area contributed by atoms with Crippen LogP contribution < -0.4 is 5.32 Å². The van der Waals surface area contributed by atoms with Crippen molar-refractivity contribution in [3.8, 4) is 0 Å². The van der Waals surface area contributed by atoms with Gasteiger partial charge in [0.2, 0.25) is 0 Å². The number of thiophene rings is 1. The summed E-state index contributed by atoms with van der Waals surface area (Å²) in [6.07, 6.45) is 1.12. The summed E-state index contributed by atoms with van der Waals surface area (Å²) < 4.78 is 0.831. The second-order valence-corrected chi connectivity index (χ2v) is 8.63. The van der Waals surface area contributed by atoms with E-state index in [-0.39, 0.29) is 6.03 Å². The number of piperazine rings is 1. The van der Waals surface area contributed by atoms with E-state index in [4.69, 9.17) is 11.6 Å². The molecule has 1 unspecified atom stereocenters. The summed E-state index contributed by atoms with van der Waals surface area (Å²) in [4.78, 5) is 18.0. The standard InChI is InChI=1S/C20H26ClN3OS/c1-3-15(2)16-4-6-17(7-5-16)22-20(25)24-12-10-23(11-13-24)14-18-8-9-19(21)26-18/h4-9,15H,3,10-14H2,1-2H3,(H,22,25). The van der Waals surface area contributed by atoms with Crippen LogP contribution in [-0.4, -0.2) is 42.0 Å². The van der Waals surface area contributed by atoms with Gasteiger partial charge in [0.25, 0.3) is 0 Å². The van der Waals surface area contributed by atoms with Crippen molar-refractivity contribution in [3.63, 3.8) is 0 Å². The van der Waals surface area contributed by atoms with Crippen molar-refractivity contribution in [2.45, 2.75) is 32.7 Å². The van der Waals surface area contributed by atoms with Gasteiger partial charge in [-0.25, -0.2) is 4.79 Å². The minimum atomic E-state index is -0.0138. The van der Waals surface area contributed by atoms with E-state index in [0.717, 1.165) is 49.2 Å². The van der Waals surface area contributed by atoms with Crippen LogP contribution >= 0.6 is 22.9 Å². The average molecular weight is 392 g/mol. The number of nitrogens with zero attached hydrogens (tertiary/aromatic N) is 2. The Morgan fingerprint density at radius 3 is 2.42 bits per heavy atom. The second kappa shape index (κ2) is 8.89. The first-order valence-electron chi connectivity index (χ1n) is 9.17. The number of benzene rings is 1. The van der Waals surface area contributed by atoms with E-state index in [1.54, 1.807) is 11.3 Å². The van der Waals surface area contributed by atoms with Gasteiger partial charge in [-0.3, -0.25) is 4.90 Å². The van der Waals surface area contributed by atoms with Gasteiger partial charge in [-0.2, -0.15) is 0 Å². The third-order valence-corrected chi connectivity index (χ3v) is 6.23. The van der Waals surface area contributed by atoms with E-state index in [9.17, 15) is 4.79 Å². The molecule has 1 saturated heterocycles. The van der Waals surface area contributed by atoms with Crippen molar-refractivity contribution in [2.75, 3.05) is 31.5 Å². The molecule has 1 fully saturated rings. The average Bonchev–Trinajstić information content (AvgIpc) is 3.07. The Morgan fingerprint density at radius 1 is 1.15 bits per heavy atom. The lowest BCUT2D eigenvalue weighted by atomic mass is 9.99. The molecule has 3 rings (SSSR count). The lowest BCUT2D eigenvalue weighted by Crippen LogP contribution is -2.49. The van der Waals surface area contributed by atoms with Crippen molar-refractivity contribution in [1.29, 1.82) is 0 Å². The zero-order chi connectivity index (χ0) is 18.5. The molecule has 2 aromatic rings. The lowest BCUT2D eigenvalue weighted by molar-refractivity contribution is 0.143. The maximum absolute atomic E-state index is 12.5. The van der Waals surface area contributed by atoms with Crippen molar-refractivity contribution in [1.82, 2.24) is 9.80 Å². The number of amides is 2. The molecule has 1 atom stereocenters. The van der Waals surface area contributed by atoms with Crippen LogP contribution in [0.2, 0.25) is 4.34 Å². The van der Waals surface area contributed by atoms with Gasteiger partial charge in [0.05, 0.1) is 4.34 Å². The number of halogens is 1. The highest BCUT2D eigenvalue weighted by molar-refractivity contribution is 7.16. The van der Waals surface area contributed by atoms with Crippen molar-refractivity contribution in [2.24, 2.45) is 0 Å². The van der Waals surface area contributed by atoms with Crippen LogP contribution in [0, 0.1) is 0 Å². The Hall–Kier alpha value is -1.56. The van der Waals surface area contributed by atoms with Gasteiger partial charge < -0.3 is 10.2 Å². The van der Waals surface area contributed by atoms with Crippen LogP contribution in [0.1, 0.15) is 36.6 Å². The van der Waals surface area contributed by atoms with E-state index in [1.807, 2.05) is 23.1 Å². The van der Waals surface area contributed by atoms with Crippen molar-refractivity contribution >= 4 is 34.7 Å². The van der Waals surface area contributed by atoms with Gasteiger partial charge in [-0.1, -0.05) is 37.6 Å². The minimum absolute atomic E-state index is 0.0138. The SMILES string of the molecule is CCC(C)c1ccc(NC(=O)N2CCN(Cc3ccc(Cl)s3)CC2)cc1. The van der Waals surface area contributed by atoms with Crippen LogP contribution in [-0.2, 0) is 6.54 Å². The highest BCUT2D eigenvalue weighted by atomic mass is 35.5. The van der Waals surface area contributed by atoms with E-state index in [0.29, 0.717) is 5.92 Å². The lowest BCUT2D eigenvalue weighted by Gasteiger charge is -2.34. The van der Waals surface area contributed by atoms with Crippen molar-refractivity contribution < 1.29 is 4.79 Å². The summed E-state index contributed by atoms with van der Waals surface area (Å²) in [6.45, 7) is 8.58. The molecule has 1 aromatic heterocycles. The molecule has 1 aliphatic heterocycles. The Kier molecular flexibility index (Phi) is 6.57. The Labute approximate surface area is 164 Å². The first kappa shape index (κ1) is 19.2. The van der Waals surface area contributed by atoms with Crippen molar-refractivity contribution in [3.05, 3.63) is 51.2 Å². The van der Waals surface area contributed by atoms with Crippen LogP contribution in [0.4, 0.5) is 10.5 Å². The molecule has 0 radical (unpaired) electrons. The first-order chi connectivity index (χ1) is 12.5. The highest BCUT2D eigenvalue weighted by Crippen LogP contribution is 2.23. The third-order valence-electron chi connectivity index (χ3n) is 5.01. The molecule has 0 saturated carbocycles. The van der Waals surface area contributed by atoms with E-state index in [2.05, 4.69) is 42.3 Å². The fraction of sp³-hybridized carbons (Fsp3) is 0.450. The van der Waals surface area contributed by atoms with Gasteiger partial charge in [-0.05, 0) is 42.2 Å². The predicted octanol–water partition coefficient (Wildman–Crippen LogP) is 5.26. The third kappa shape index (κ3) is 5.00. The smallest absolute Gasteiger partial charge is 0.321 e. The van der Waals surface area contributed by atoms with Gasteiger partial charge in [0.15, 0.2) is 0 Å². The van der Waals surface area contributed by atoms with E-state index in [1.165, 1.54) is 10.4 Å². The molecule has 0 aliphatic carbocycles. The summed E-state index contributed by atoms with van der Waals surface area (Å²) in [5, 5.41) is 3.02. The second-order valence-electron chi connectivity index (χ2n) is 6.83. The Morgan fingerprint density at radius 2 is 1.85 bits per heavy atom. The van der Waals surface area contributed by atoms with Crippen LogP contribution in [0.5, 0.6) is 0 Å². The maximum Gasteiger partial charge on any atom is 0.321 e. The van der Waals surface area contributed by atoms with Crippen LogP contribution in [0.3, 0.4) is 0 Å². The molecule has 1 aromatic carbocycles. The molecule has 4 nitrogen and oxygen atoms in total. The fourth-order valence-corrected chi connectivity index (χ4v) is 4.23. The van der Waals surface area contributed by atoms with Crippen LogP contribution in [0.25, 0.3) is 0 Å². The summed E-state index contributed by atoms with van der Waals surface area (Å²) in [5.41, 5.74) is 2.17. The molecular weight excluding hydrogens is 366 g/mol. The highest BCUT2D eigenvalue weighted by Gasteiger charge is 2.21. The topological polar surface area (TPSA) is 35.6 Å². The number of anilines is 1. The summed E-state index contributed by atoms with van der Waals surface area (Å²) in [7, 11) is 0. The number of carbonyl (C=O) groups excluding carboxylic acids is 1. The molecular formula is C20H26ClN3OS. The molecule has 2 amide bonds. The molecule has 1 aliphatic rings. The number of carbonyl (C=O) groups is 1. The number of hydrogen-bond acceptors (Lipinski definition) is 3. The Balaban J connectivity index is 1.47. The molecule has 26 heavy (non-hydrogen) atoms. The van der Waals surface area contributed by atoms with Gasteiger partial charge >= 0.3 is 6.03 Å². The Bertz CT molecular complexity index is 723. The number of hydrogen-bond donors (Lipinski definition) is 1.